The number of halogens is 2. The number of aryl methyl sites for hydroxylation is 1. The fraction of sp³-hybridized carbons (Fsp3) is 0.304. The molecule has 1 aromatic heterocycles. The zero-order valence-corrected chi connectivity index (χ0v) is 16.9. The van der Waals surface area contributed by atoms with Gasteiger partial charge in [0.05, 0.1) is 18.2 Å². The molecule has 7 heteroatoms. The maximum absolute atomic E-state index is 15.0. The van der Waals surface area contributed by atoms with E-state index in [1.54, 1.807) is 25.1 Å². The molecule has 0 radical (unpaired) electrons. The van der Waals surface area contributed by atoms with Crippen molar-refractivity contribution in [3.8, 4) is 0 Å². The molecule has 3 rings (SSSR count). The lowest BCUT2D eigenvalue weighted by Gasteiger charge is -2.25. The van der Waals surface area contributed by atoms with E-state index < -0.39 is 34.6 Å². The van der Waals surface area contributed by atoms with Crippen molar-refractivity contribution in [1.29, 1.82) is 0 Å². The molecule has 5 nitrogen and oxygen atoms in total. The average Bonchev–Trinajstić information content (AvgIpc) is 2.68. The molecule has 2 N–H and O–H groups in total. The molecule has 0 aliphatic carbocycles. The summed E-state index contributed by atoms with van der Waals surface area (Å²) >= 11 is 0. The van der Waals surface area contributed by atoms with Gasteiger partial charge in [0, 0.05) is 18.0 Å². The third-order valence-electron chi connectivity index (χ3n) is 5.40. The summed E-state index contributed by atoms with van der Waals surface area (Å²) in [6.45, 7) is 4.95. The summed E-state index contributed by atoms with van der Waals surface area (Å²) < 4.78 is 30.8. The molecule has 1 unspecified atom stereocenters. The number of carboxylic acid groups (broad SMARTS) is 1. The number of aliphatic hydroxyl groups excluding tert-OH is 1. The van der Waals surface area contributed by atoms with Crippen LogP contribution in [-0.2, 0) is 6.42 Å². The van der Waals surface area contributed by atoms with Crippen molar-refractivity contribution in [3.63, 3.8) is 0 Å². The van der Waals surface area contributed by atoms with Gasteiger partial charge in [-0.25, -0.2) is 13.6 Å². The number of nitrogens with zero attached hydrogens (tertiary/aromatic N) is 1. The van der Waals surface area contributed by atoms with Gasteiger partial charge in [-0.15, -0.1) is 0 Å². The molecule has 158 valence electrons. The van der Waals surface area contributed by atoms with Gasteiger partial charge in [-0.1, -0.05) is 32.0 Å². The highest BCUT2D eigenvalue weighted by atomic mass is 19.1. The summed E-state index contributed by atoms with van der Waals surface area (Å²) in [6.07, 6.45) is 1.06. The van der Waals surface area contributed by atoms with Gasteiger partial charge in [-0.05, 0) is 41.7 Å². The normalized spacial score (nSPS) is 12.5. The van der Waals surface area contributed by atoms with Crippen molar-refractivity contribution < 1.29 is 23.8 Å². The number of aromatic nitrogens is 1. The monoisotopic (exact) mass is 415 g/mol. The van der Waals surface area contributed by atoms with Crippen LogP contribution >= 0.6 is 0 Å². The van der Waals surface area contributed by atoms with E-state index in [9.17, 15) is 28.6 Å². The molecule has 0 bridgehead atoms. The Balaban J connectivity index is 2.28. The van der Waals surface area contributed by atoms with Crippen LogP contribution in [0, 0.1) is 24.5 Å². The first-order chi connectivity index (χ1) is 14.1. The molecular formula is C23H23F2NO4. The van der Waals surface area contributed by atoms with Crippen molar-refractivity contribution in [2.24, 2.45) is 5.92 Å². The van der Waals surface area contributed by atoms with Gasteiger partial charge in [-0.2, -0.15) is 0 Å². The van der Waals surface area contributed by atoms with Crippen LogP contribution in [0.5, 0.6) is 0 Å². The van der Waals surface area contributed by atoms with Gasteiger partial charge in [0.1, 0.15) is 17.2 Å². The summed E-state index contributed by atoms with van der Waals surface area (Å²) in [7, 11) is 0. The van der Waals surface area contributed by atoms with Gasteiger partial charge < -0.3 is 14.8 Å². The Kier molecular flexibility index (Phi) is 6.03. The number of aliphatic hydroxyl groups is 1. The van der Waals surface area contributed by atoms with Gasteiger partial charge in [0.2, 0.25) is 5.43 Å². The number of aromatic carboxylic acids is 1. The number of hydrogen-bond donors (Lipinski definition) is 2. The number of pyridine rings is 1. The Hall–Kier alpha value is -3.06. The zero-order valence-electron chi connectivity index (χ0n) is 16.9. The van der Waals surface area contributed by atoms with Crippen molar-refractivity contribution in [1.82, 2.24) is 4.57 Å². The summed E-state index contributed by atoms with van der Waals surface area (Å²) in [5.41, 5.74) is -0.252. The van der Waals surface area contributed by atoms with Crippen LogP contribution in [0.1, 0.15) is 46.9 Å². The van der Waals surface area contributed by atoms with Crippen LogP contribution < -0.4 is 5.43 Å². The van der Waals surface area contributed by atoms with Gasteiger partial charge >= 0.3 is 5.97 Å². The largest absolute Gasteiger partial charge is 0.477 e. The lowest BCUT2D eigenvalue weighted by atomic mass is 9.98. The number of hydrogen-bond acceptors (Lipinski definition) is 3. The van der Waals surface area contributed by atoms with Crippen LogP contribution in [0.3, 0.4) is 0 Å². The van der Waals surface area contributed by atoms with E-state index in [0.717, 1.165) is 12.3 Å². The molecule has 2 aromatic carbocycles. The summed E-state index contributed by atoms with van der Waals surface area (Å²) in [4.78, 5) is 24.4. The van der Waals surface area contributed by atoms with Crippen LogP contribution in [0.4, 0.5) is 8.78 Å². The number of rotatable bonds is 6. The topological polar surface area (TPSA) is 79.5 Å². The van der Waals surface area contributed by atoms with E-state index in [1.807, 2.05) is 13.8 Å². The van der Waals surface area contributed by atoms with Crippen LogP contribution in [0.2, 0.25) is 0 Å². The minimum absolute atomic E-state index is 0.0125. The molecule has 1 atom stereocenters. The highest BCUT2D eigenvalue weighted by Crippen LogP contribution is 2.27. The van der Waals surface area contributed by atoms with Crippen molar-refractivity contribution in [2.45, 2.75) is 33.2 Å². The summed E-state index contributed by atoms with van der Waals surface area (Å²) in [5.74, 6) is -2.60. The summed E-state index contributed by atoms with van der Waals surface area (Å²) in [6, 6.07) is 6.69. The van der Waals surface area contributed by atoms with Crippen molar-refractivity contribution >= 4 is 16.9 Å². The highest BCUT2D eigenvalue weighted by molar-refractivity contribution is 5.92. The Morgan fingerprint density at radius 3 is 2.47 bits per heavy atom. The molecule has 0 aliphatic rings. The minimum Gasteiger partial charge on any atom is -0.477 e. The van der Waals surface area contributed by atoms with Gasteiger partial charge in [0.15, 0.2) is 0 Å². The second-order valence-corrected chi connectivity index (χ2v) is 7.76. The van der Waals surface area contributed by atoms with E-state index in [1.165, 1.54) is 10.6 Å². The Morgan fingerprint density at radius 1 is 1.17 bits per heavy atom. The molecule has 0 spiro atoms. The number of fused-ring (bicyclic) bond motifs is 1. The molecule has 0 fully saturated rings. The van der Waals surface area contributed by atoms with E-state index in [4.69, 9.17) is 0 Å². The highest BCUT2D eigenvalue weighted by Gasteiger charge is 2.22. The maximum atomic E-state index is 15.0. The standard InChI is InChI=1S/C23H23F2NO4/c1-12(2)20(11-27)26-10-17(23(29)30)22(28)16-8-15(18(24)9-19(16)26)7-14-6-4-5-13(3)21(14)25/h4-6,8-10,12,20,27H,7,11H2,1-3H3,(H,29,30). The third-order valence-corrected chi connectivity index (χ3v) is 5.40. The molecule has 3 aromatic rings. The molecule has 0 amide bonds. The van der Waals surface area contributed by atoms with Crippen LogP contribution in [0.15, 0.2) is 41.3 Å². The molecule has 30 heavy (non-hydrogen) atoms. The fourth-order valence-corrected chi connectivity index (χ4v) is 3.65. The summed E-state index contributed by atoms with van der Waals surface area (Å²) in [5, 5.41) is 19.3. The smallest absolute Gasteiger partial charge is 0.341 e. The first kappa shape index (κ1) is 21.6. The molecule has 0 saturated carbocycles. The van der Waals surface area contributed by atoms with Gasteiger partial charge in [-0.3, -0.25) is 4.79 Å². The number of carbonyl (C=O) groups is 1. The van der Waals surface area contributed by atoms with E-state index >= 15 is 0 Å². The average molecular weight is 415 g/mol. The molecule has 0 aliphatic heterocycles. The minimum atomic E-state index is -1.41. The first-order valence-corrected chi connectivity index (χ1v) is 9.61. The Bertz CT molecular complexity index is 1180. The number of benzene rings is 2. The molecular weight excluding hydrogens is 392 g/mol. The third kappa shape index (κ3) is 3.85. The lowest BCUT2D eigenvalue weighted by Crippen LogP contribution is -2.25. The maximum Gasteiger partial charge on any atom is 0.341 e. The Morgan fingerprint density at radius 2 is 1.87 bits per heavy atom. The SMILES string of the molecule is Cc1cccc(Cc2cc3c(=O)c(C(=O)O)cn(C(CO)C(C)C)c3cc2F)c1F. The molecule has 0 saturated heterocycles. The number of carboxylic acids is 1. The predicted octanol–water partition coefficient (Wildman–Crippen LogP) is 4.07. The second kappa shape index (κ2) is 8.36. The fourth-order valence-electron chi connectivity index (χ4n) is 3.65. The van der Waals surface area contributed by atoms with Gasteiger partial charge in [0.25, 0.3) is 0 Å². The van der Waals surface area contributed by atoms with Crippen LogP contribution in [0.25, 0.3) is 10.9 Å². The van der Waals surface area contributed by atoms with E-state index in [-0.39, 0.29) is 41.0 Å². The van der Waals surface area contributed by atoms with E-state index in [0.29, 0.717) is 5.56 Å². The zero-order chi connectivity index (χ0) is 22.2. The predicted molar refractivity (Wildman–Crippen MR) is 110 cm³/mol. The second-order valence-electron chi connectivity index (χ2n) is 7.76. The van der Waals surface area contributed by atoms with Crippen LogP contribution in [-0.4, -0.2) is 27.4 Å². The van der Waals surface area contributed by atoms with Crippen molar-refractivity contribution in [3.05, 3.63) is 80.6 Å². The van der Waals surface area contributed by atoms with Crippen molar-refractivity contribution in [2.75, 3.05) is 6.61 Å². The molecule has 1 heterocycles. The van der Waals surface area contributed by atoms with E-state index in [2.05, 4.69) is 0 Å². The quantitative estimate of drug-likeness (QED) is 0.636. The lowest BCUT2D eigenvalue weighted by molar-refractivity contribution is 0.0694. The Labute approximate surface area is 172 Å². The first-order valence-electron chi connectivity index (χ1n) is 9.61.